The standard InChI is InChI=1S/C6H6N2O4/c1-3-4-6(8(11)12)5(2)7(9)10/h3-4H,1-2H2/b6-4+. The van der Waals surface area contributed by atoms with E-state index in [1.165, 1.54) is 0 Å². The van der Waals surface area contributed by atoms with Gasteiger partial charge in [-0.1, -0.05) is 12.7 Å². The smallest absolute Gasteiger partial charge is 0.258 e. The zero-order valence-corrected chi connectivity index (χ0v) is 6.10. The molecule has 64 valence electrons. The van der Waals surface area contributed by atoms with Crippen molar-refractivity contribution >= 4 is 0 Å². The highest BCUT2D eigenvalue weighted by Gasteiger charge is 2.24. The normalized spacial score (nSPS) is 10.5. The Bertz CT molecular complexity index is 279. The molecule has 0 fully saturated rings. The number of hydrogen-bond acceptors (Lipinski definition) is 4. The monoisotopic (exact) mass is 170 g/mol. The molecule has 6 nitrogen and oxygen atoms in total. The molecule has 0 aliphatic rings. The fourth-order valence-electron chi connectivity index (χ4n) is 0.468. The average molecular weight is 170 g/mol. The van der Waals surface area contributed by atoms with E-state index in [-0.39, 0.29) is 0 Å². The maximum absolute atomic E-state index is 10.2. The first-order valence-electron chi connectivity index (χ1n) is 2.81. The van der Waals surface area contributed by atoms with E-state index in [1.807, 2.05) is 0 Å². The van der Waals surface area contributed by atoms with Crippen molar-refractivity contribution in [3.05, 3.63) is 56.9 Å². The highest BCUT2D eigenvalue weighted by Crippen LogP contribution is 2.08. The number of nitro groups is 2. The maximum Gasteiger partial charge on any atom is 0.345 e. The van der Waals surface area contributed by atoms with Crippen molar-refractivity contribution in [2.75, 3.05) is 0 Å². The van der Waals surface area contributed by atoms with Gasteiger partial charge in [-0.25, -0.2) is 0 Å². The first-order valence-corrected chi connectivity index (χ1v) is 2.81. The molecule has 12 heavy (non-hydrogen) atoms. The van der Waals surface area contributed by atoms with E-state index >= 15 is 0 Å². The van der Waals surface area contributed by atoms with Crippen LogP contribution in [0.15, 0.2) is 36.7 Å². The summed E-state index contributed by atoms with van der Waals surface area (Å²) < 4.78 is 0. The minimum Gasteiger partial charge on any atom is -0.258 e. The number of hydrogen-bond donors (Lipinski definition) is 0. The molecule has 0 aromatic carbocycles. The van der Waals surface area contributed by atoms with Crippen LogP contribution in [-0.4, -0.2) is 9.85 Å². The van der Waals surface area contributed by atoms with Gasteiger partial charge in [-0.05, 0) is 6.58 Å². The van der Waals surface area contributed by atoms with Gasteiger partial charge in [0.25, 0.3) is 0 Å². The van der Waals surface area contributed by atoms with Gasteiger partial charge in [-0.2, -0.15) is 0 Å². The van der Waals surface area contributed by atoms with E-state index in [9.17, 15) is 20.2 Å². The Morgan fingerprint density at radius 1 is 1.25 bits per heavy atom. The Balaban J connectivity index is 4.89. The molecule has 0 N–H and O–H groups in total. The number of allylic oxidation sites excluding steroid dienone is 2. The van der Waals surface area contributed by atoms with Gasteiger partial charge in [0.05, 0.1) is 9.85 Å². The van der Waals surface area contributed by atoms with E-state index in [0.29, 0.717) is 0 Å². The second kappa shape index (κ2) is 4.02. The summed E-state index contributed by atoms with van der Waals surface area (Å²) in [5, 5.41) is 20.2. The van der Waals surface area contributed by atoms with Gasteiger partial charge >= 0.3 is 11.4 Å². The fraction of sp³-hybridized carbons (Fsp3) is 0. The minimum atomic E-state index is -0.919. The lowest BCUT2D eigenvalue weighted by atomic mass is 10.3. The van der Waals surface area contributed by atoms with E-state index in [4.69, 9.17) is 0 Å². The fourth-order valence-corrected chi connectivity index (χ4v) is 0.468. The Hall–Kier alpha value is -1.98. The number of nitrogens with zero attached hydrogens (tertiary/aromatic N) is 2. The van der Waals surface area contributed by atoms with Crippen molar-refractivity contribution in [2.45, 2.75) is 0 Å². The highest BCUT2D eigenvalue weighted by atomic mass is 16.6. The third-order valence-electron chi connectivity index (χ3n) is 0.988. The first kappa shape index (κ1) is 10.0. The summed E-state index contributed by atoms with van der Waals surface area (Å²) in [7, 11) is 0. The molecule has 0 aliphatic carbocycles. The third-order valence-corrected chi connectivity index (χ3v) is 0.988. The van der Waals surface area contributed by atoms with E-state index in [2.05, 4.69) is 13.2 Å². The Morgan fingerprint density at radius 3 is 2.00 bits per heavy atom. The molecule has 0 amide bonds. The summed E-state index contributed by atoms with van der Waals surface area (Å²) in [5.74, 6) is 0. The van der Waals surface area contributed by atoms with Crippen LogP contribution in [0.25, 0.3) is 0 Å². The van der Waals surface area contributed by atoms with E-state index in [0.717, 1.165) is 12.2 Å². The summed E-state index contributed by atoms with van der Waals surface area (Å²) in [6.07, 6.45) is 2.01. The number of rotatable bonds is 4. The van der Waals surface area contributed by atoms with Crippen LogP contribution in [0.2, 0.25) is 0 Å². The molecule has 0 atom stereocenters. The summed E-state index contributed by atoms with van der Waals surface area (Å²) >= 11 is 0. The topological polar surface area (TPSA) is 86.3 Å². The predicted molar refractivity (Wildman–Crippen MR) is 41.4 cm³/mol. The lowest BCUT2D eigenvalue weighted by Gasteiger charge is -1.91. The zero-order valence-electron chi connectivity index (χ0n) is 6.10. The molecule has 0 heterocycles. The molecule has 0 saturated carbocycles. The van der Waals surface area contributed by atoms with Crippen LogP contribution in [-0.2, 0) is 0 Å². The molecule has 0 spiro atoms. The van der Waals surface area contributed by atoms with Crippen molar-refractivity contribution in [1.82, 2.24) is 0 Å². The van der Waals surface area contributed by atoms with Crippen LogP contribution in [0.1, 0.15) is 0 Å². The van der Waals surface area contributed by atoms with Crippen molar-refractivity contribution in [1.29, 1.82) is 0 Å². The van der Waals surface area contributed by atoms with Gasteiger partial charge in [0.2, 0.25) is 0 Å². The molecule has 0 unspecified atom stereocenters. The Labute approximate surface area is 67.8 Å². The molecule has 0 rings (SSSR count). The summed E-state index contributed by atoms with van der Waals surface area (Å²) in [6, 6.07) is 0. The van der Waals surface area contributed by atoms with Crippen LogP contribution in [0.5, 0.6) is 0 Å². The van der Waals surface area contributed by atoms with Crippen LogP contribution in [0.4, 0.5) is 0 Å². The van der Waals surface area contributed by atoms with Crippen molar-refractivity contribution < 1.29 is 9.85 Å². The van der Waals surface area contributed by atoms with Crippen LogP contribution in [0.3, 0.4) is 0 Å². The quantitative estimate of drug-likeness (QED) is 0.359. The first-order chi connectivity index (χ1) is 5.50. The predicted octanol–water partition coefficient (Wildman–Crippen LogP) is 1.12. The molecule has 0 radical (unpaired) electrons. The summed E-state index contributed by atoms with van der Waals surface area (Å²) in [4.78, 5) is 18.4. The molecule has 0 aromatic rings. The molecule has 6 heteroatoms. The average Bonchev–Trinajstić information content (AvgIpc) is 1.98. The lowest BCUT2D eigenvalue weighted by molar-refractivity contribution is -0.479. The van der Waals surface area contributed by atoms with Gasteiger partial charge in [-0.3, -0.25) is 20.2 Å². The maximum atomic E-state index is 10.2. The van der Waals surface area contributed by atoms with Gasteiger partial charge < -0.3 is 0 Å². The highest BCUT2D eigenvalue weighted by molar-refractivity contribution is 5.19. The molecule has 0 aliphatic heterocycles. The van der Waals surface area contributed by atoms with Gasteiger partial charge in [-0.15, -0.1) is 0 Å². The summed E-state index contributed by atoms with van der Waals surface area (Å²) in [5.41, 5.74) is -1.41. The Kier molecular flexibility index (Phi) is 3.35. The molecular weight excluding hydrogens is 164 g/mol. The van der Waals surface area contributed by atoms with E-state index in [1.54, 1.807) is 0 Å². The van der Waals surface area contributed by atoms with Crippen LogP contribution in [0, 0.1) is 20.2 Å². The van der Waals surface area contributed by atoms with Crippen LogP contribution >= 0.6 is 0 Å². The molecular formula is C6H6N2O4. The molecule has 0 saturated heterocycles. The zero-order chi connectivity index (χ0) is 9.72. The molecule has 0 aromatic heterocycles. The van der Waals surface area contributed by atoms with Crippen molar-refractivity contribution in [3.8, 4) is 0 Å². The van der Waals surface area contributed by atoms with Gasteiger partial charge in [0, 0.05) is 6.08 Å². The summed E-state index contributed by atoms with van der Waals surface area (Å²) in [6.45, 7) is 6.12. The second-order valence-electron chi connectivity index (χ2n) is 1.75. The van der Waals surface area contributed by atoms with Crippen molar-refractivity contribution in [2.24, 2.45) is 0 Å². The second-order valence-corrected chi connectivity index (χ2v) is 1.75. The van der Waals surface area contributed by atoms with E-state index < -0.39 is 21.2 Å². The van der Waals surface area contributed by atoms with Gasteiger partial charge in [0.15, 0.2) is 0 Å². The van der Waals surface area contributed by atoms with Crippen LogP contribution < -0.4 is 0 Å². The third kappa shape index (κ3) is 2.33. The van der Waals surface area contributed by atoms with Gasteiger partial charge in [0.1, 0.15) is 0 Å². The van der Waals surface area contributed by atoms with Crippen molar-refractivity contribution in [3.63, 3.8) is 0 Å². The Morgan fingerprint density at radius 2 is 1.75 bits per heavy atom. The molecule has 0 bridgehead atoms. The lowest BCUT2D eigenvalue weighted by Crippen LogP contribution is -2.08. The minimum absolute atomic E-state index is 0.657. The SMILES string of the molecule is C=C/C=C(\C(=C)[N+](=O)[O-])[N+](=O)[O-]. The largest absolute Gasteiger partial charge is 0.345 e.